The fraction of sp³-hybridized carbons (Fsp3) is 0.250. The van der Waals surface area contributed by atoms with Gasteiger partial charge in [-0.15, -0.1) is 0 Å². The first-order chi connectivity index (χ1) is 17.3. The Morgan fingerprint density at radius 1 is 0.778 bits per heavy atom. The molecule has 0 spiro atoms. The van der Waals surface area contributed by atoms with E-state index in [4.69, 9.17) is 9.47 Å². The maximum Gasteiger partial charge on any atom is 0.328 e. The maximum absolute atomic E-state index is 13.2. The number of ether oxygens (including phenoxy) is 2. The predicted molar refractivity (Wildman–Crippen MR) is 133 cm³/mol. The minimum absolute atomic E-state index is 0.132. The molecule has 0 aliphatic carbocycles. The zero-order valence-corrected chi connectivity index (χ0v) is 20.2. The van der Waals surface area contributed by atoms with Gasteiger partial charge in [-0.2, -0.15) is 0 Å². The minimum Gasteiger partial charge on any atom is -0.489 e. The van der Waals surface area contributed by atoms with Gasteiger partial charge in [-0.05, 0) is 41.0 Å². The standard InChI is InChI=1S/C28H29FN2O5/c1-19(32)30-25(16-20-8-12-23(29)13-9-20)27(33)31-26(28(34)35-2)17-21-10-14-24(15-11-21)36-18-22-6-4-3-5-7-22/h3-15,25-26H,16-18H2,1-2H3,(H,30,32)(H,31,33)/t25-,26-/m0/s1. The molecule has 2 amide bonds. The Hall–Kier alpha value is -4.20. The monoisotopic (exact) mass is 492 g/mol. The van der Waals surface area contributed by atoms with Crippen LogP contribution >= 0.6 is 0 Å². The van der Waals surface area contributed by atoms with Gasteiger partial charge in [0.25, 0.3) is 0 Å². The molecule has 8 heteroatoms. The van der Waals surface area contributed by atoms with Gasteiger partial charge in [0, 0.05) is 19.8 Å². The summed E-state index contributed by atoms with van der Waals surface area (Å²) in [5.74, 6) is -1.30. The summed E-state index contributed by atoms with van der Waals surface area (Å²) in [5.41, 5.74) is 2.49. The molecular formula is C28H29FN2O5. The van der Waals surface area contributed by atoms with Gasteiger partial charge in [-0.25, -0.2) is 9.18 Å². The number of hydrogen-bond donors (Lipinski definition) is 2. The van der Waals surface area contributed by atoms with Crippen molar-refractivity contribution in [3.05, 3.63) is 101 Å². The Morgan fingerprint density at radius 3 is 1.94 bits per heavy atom. The van der Waals surface area contributed by atoms with Crippen molar-refractivity contribution in [3.8, 4) is 5.75 Å². The third kappa shape index (κ3) is 8.23. The molecule has 0 heterocycles. The van der Waals surface area contributed by atoms with Crippen LogP contribution in [0.5, 0.6) is 5.75 Å². The van der Waals surface area contributed by atoms with Crippen molar-refractivity contribution >= 4 is 17.8 Å². The van der Waals surface area contributed by atoms with E-state index in [1.165, 1.54) is 38.3 Å². The van der Waals surface area contributed by atoms with Gasteiger partial charge in [0.05, 0.1) is 7.11 Å². The molecule has 2 N–H and O–H groups in total. The highest BCUT2D eigenvalue weighted by Crippen LogP contribution is 2.16. The first-order valence-electron chi connectivity index (χ1n) is 11.5. The molecule has 0 bridgehead atoms. The maximum atomic E-state index is 13.2. The highest BCUT2D eigenvalue weighted by Gasteiger charge is 2.27. The Labute approximate surface area is 209 Å². The Bertz CT molecular complexity index is 1150. The Balaban J connectivity index is 1.65. The highest BCUT2D eigenvalue weighted by atomic mass is 19.1. The fourth-order valence-electron chi connectivity index (χ4n) is 3.62. The van der Waals surface area contributed by atoms with Crippen LogP contribution < -0.4 is 15.4 Å². The molecule has 0 saturated heterocycles. The highest BCUT2D eigenvalue weighted by molar-refractivity contribution is 5.90. The SMILES string of the molecule is COC(=O)[C@H](Cc1ccc(OCc2ccccc2)cc1)NC(=O)[C@H](Cc1ccc(F)cc1)NC(C)=O. The zero-order valence-electron chi connectivity index (χ0n) is 20.2. The first kappa shape index (κ1) is 26.4. The van der Waals surface area contributed by atoms with Crippen molar-refractivity contribution in [2.45, 2.75) is 38.5 Å². The van der Waals surface area contributed by atoms with Gasteiger partial charge in [0.15, 0.2) is 0 Å². The van der Waals surface area contributed by atoms with E-state index in [-0.39, 0.29) is 12.8 Å². The van der Waals surface area contributed by atoms with Crippen LogP contribution in [0.3, 0.4) is 0 Å². The lowest BCUT2D eigenvalue weighted by atomic mass is 10.0. The first-order valence-corrected chi connectivity index (χ1v) is 11.5. The minimum atomic E-state index is -0.969. The van der Waals surface area contributed by atoms with E-state index < -0.39 is 35.7 Å². The summed E-state index contributed by atoms with van der Waals surface area (Å²) >= 11 is 0. The summed E-state index contributed by atoms with van der Waals surface area (Å²) in [6.07, 6.45) is 0.313. The molecule has 36 heavy (non-hydrogen) atoms. The molecule has 7 nitrogen and oxygen atoms in total. The number of hydrogen-bond acceptors (Lipinski definition) is 5. The lowest BCUT2D eigenvalue weighted by molar-refractivity contribution is -0.145. The van der Waals surface area contributed by atoms with E-state index in [9.17, 15) is 18.8 Å². The van der Waals surface area contributed by atoms with Crippen LogP contribution in [0.15, 0.2) is 78.9 Å². The molecular weight excluding hydrogens is 463 g/mol. The summed E-state index contributed by atoms with van der Waals surface area (Å²) in [6.45, 7) is 1.73. The Kier molecular flexibility index (Phi) is 9.56. The van der Waals surface area contributed by atoms with Crippen molar-refractivity contribution in [2.24, 2.45) is 0 Å². The number of carbonyl (C=O) groups is 3. The van der Waals surface area contributed by atoms with E-state index in [2.05, 4.69) is 10.6 Å². The largest absolute Gasteiger partial charge is 0.489 e. The molecule has 0 radical (unpaired) electrons. The van der Waals surface area contributed by atoms with E-state index >= 15 is 0 Å². The zero-order chi connectivity index (χ0) is 25.9. The quantitative estimate of drug-likeness (QED) is 0.401. The van der Waals surface area contributed by atoms with Crippen molar-refractivity contribution < 1.29 is 28.2 Å². The fourth-order valence-corrected chi connectivity index (χ4v) is 3.62. The molecule has 0 unspecified atom stereocenters. The molecule has 3 aromatic rings. The Morgan fingerprint density at radius 2 is 1.36 bits per heavy atom. The van der Waals surface area contributed by atoms with Crippen molar-refractivity contribution in [1.29, 1.82) is 0 Å². The summed E-state index contributed by atoms with van der Waals surface area (Å²) in [6, 6.07) is 20.7. The summed E-state index contributed by atoms with van der Waals surface area (Å²) in [4.78, 5) is 37.1. The number of methoxy groups -OCH3 is 1. The second-order valence-electron chi connectivity index (χ2n) is 8.29. The summed E-state index contributed by atoms with van der Waals surface area (Å²) in [5, 5.41) is 5.27. The number of nitrogens with one attached hydrogen (secondary N) is 2. The number of carbonyl (C=O) groups excluding carboxylic acids is 3. The van der Waals surface area contributed by atoms with Crippen LogP contribution in [0.4, 0.5) is 4.39 Å². The van der Waals surface area contributed by atoms with Crippen molar-refractivity contribution in [2.75, 3.05) is 7.11 Å². The molecule has 0 aromatic heterocycles. The second kappa shape index (κ2) is 13.0. The molecule has 188 valence electrons. The van der Waals surface area contributed by atoms with Crippen LogP contribution in [-0.4, -0.2) is 37.0 Å². The second-order valence-corrected chi connectivity index (χ2v) is 8.29. The summed E-state index contributed by atoms with van der Waals surface area (Å²) < 4.78 is 23.9. The molecule has 0 saturated carbocycles. The predicted octanol–water partition coefficient (Wildman–Crippen LogP) is 3.35. The number of halogens is 1. The lowest BCUT2D eigenvalue weighted by Crippen LogP contribution is -2.53. The topological polar surface area (TPSA) is 93.7 Å². The van der Waals surface area contributed by atoms with Gasteiger partial charge in [-0.1, -0.05) is 54.6 Å². The lowest BCUT2D eigenvalue weighted by Gasteiger charge is -2.22. The summed E-state index contributed by atoms with van der Waals surface area (Å²) in [7, 11) is 1.24. The molecule has 2 atom stereocenters. The van der Waals surface area contributed by atoms with Crippen LogP contribution in [-0.2, 0) is 38.6 Å². The van der Waals surface area contributed by atoms with Crippen LogP contribution in [0.2, 0.25) is 0 Å². The average molecular weight is 493 g/mol. The van der Waals surface area contributed by atoms with Crippen LogP contribution in [0, 0.1) is 5.82 Å². The van der Waals surface area contributed by atoms with E-state index in [0.717, 1.165) is 11.1 Å². The smallest absolute Gasteiger partial charge is 0.328 e. The number of esters is 1. The molecule has 3 aromatic carbocycles. The number of benzene rings is 3. The van der Waals surface area contributed by atoms with Crippen LogP contribution in [0.25, 0.3) is 0 Å². The van der Waals surface area contributed by atoms with Crippen LogP contribution in [0.1, 0.15) is 23.6 Å². The van der Waals surface area contributed by atoms with E-state index in [0.29, 0.717) is 17.9 Å². The van der Waals surface area contributed by atoms with Gasteiger partial charge >= 0.3 is 5.97 Å². The van der Waals surface area contributed by atoms with E-state index in [1.54, 1.807) is 12.1 Å². The van der Waals surface area contributed by atoms with Crippen molar-refractivity contribution in [1.82, 2.24) is 10.6 Å². The van der Waals surface area contributed by atoms with Gasteiger partial charge in [0.2, 0.25) is 11.8 Å². The molecule has 0 fully saturated rings. The number of amides is 2. The van der Waals surface area contributed by atoms with E-state index in [1.807, 2.05) is 42.5 Å². The third-order valence-corrected chi connectivity index (χ3v) is 5.46. The van der Waals surface area contributed by atoms with Crippen molar-refractivity contribution in [3.63, 3.8) is 0 Å². The van der Waals surface area contributed by atoms with Gasteiger partial charge in [-0.3, -0.25) is 9.59 Å². The third-order valence-electron chi connectivity index (χ3n) is 5.46. The van der Waals surface area contributed by atoms with Gasteiger partial charge in [0.1, 0.15) is 30.3 Å². The normalized spacial score (nSPS) is 12.2. The molecule has 0 aliphatic rings. The molecule has 0 aliphatic heterocycles. The number of rotatable bonds is 11. The average Bonchev–Trinajstić information content (AvgIpc) is 2.88. The van der Waals surface area contributed by atoms with Gasteiger partial charge < -0.3 is 20.1 Å². The molecule has 3 rings (SSSR count).